The van der Waals surface area contributed by atoms with E-state index in [9.17, 15) is 0 Å². The summed E-state index contributed by atoms with van der Waals surface area (Å²) >= 11 is 1.80. The van der Waals surface area contributed by atoms with Gasteiger partial charge in [-0.1, -0.05) is 31.2 Å². The summed E-state index contributed by atoms with van der Waals surface area (Å²) in [5.74, 6) is 0.989. The van der Waals surface area contributed by atoms with Gasteiger partial charge in [-0.25, -0.2) is 0 Å². The average molecular weight is 304 g/mol. The van der Waals surface area contributed by atoms with Gasteiger partial charge in [-0.05, 0) is 31.1 Å². The van der Waals surface area contributed by atoms with Gasteiger partial charge in [-0.2, -0.15) is 0 Å². The Labute approximate surface area is 131 Å². The van der Waals surface area contributed by atoms with E-state index < -0.39 is 0 Å². The number of ether oxygens (including phenoxy) is 1. The lowest BCUT2D eigenvalue weighted by Crippen LogP contribution is -2.23. The Kier molecular flexibility index (Phi) is 6.73. The maximum absolute atomic E-state index is 5.95. The van der Waals surface area contributed by atoms with Gasteiger partial charge in [0.1, 0.15) is 12.4 Å². The van der Waals surface area contributed by atoms with Gasteiger partial charge in [0, 0.05) is 30.1 Å². The number of nitrogens with zero attached hydrogens (tertiary/aromatic N) is 1. The van der Waals surface area contributed by atoms with Crippen molar-refractivity contribution < 1.29 is 4.74 Å². The zero-order valence-electron chi connectivity index (χ0n) is 12.8. The van der Waals surface area contributed by atoms with Crippen LogP contribution in [0.25, 0.3) is 0 Å². The van der Waals surface area contributed by atoms with Crippen molar-refractivity contribution >= 4 is 11.3 Å². The second-order valence-electron chi connectivity index (χ2n) is 5.05. The Hall–Kier alpha value is -1.36. The molecule has 0 aliphatic carbocycles. The first-order valence-electron chi connectivity index (χ1n) is 7.42. The Balaban J connectivity index is 1.77. The lowest BCUT2D eigenvalue weighted by atomic mass is 10.2. The van der Waals surface area contributed by atoms with Crippen molar-refractivity contribution in [1.82, 2.24) is 10.2 Å². The summed E-state index contributed by atoms with van der Waals surface area (Å²) in [4.78, 5) is 3.68. The molecule has 1 N–H and O–H groups in total. The minimum atomic E-state index is 0.713. The van der Waals surface area contributed by atoms with E-state index in [0.29, 0.717) is 6.61 Å². The summed E-state index contributed by atoms with van der Waals surface area (Å²) < 4.78 is 5.95. The monoisotopic (exact) mass is 304 g/mol. The molecule has 114 valence electrons. The van der Waals surface area contributed by atoms with Crippen LogP contribution in [0.3, 0.4) is 0 Å². The molecule has 0 radical (unpaired) electrons. The van der Waals surface area contributed by atoms with E-state index in [2.05, 4.69) is 53.8 Å². The van der Waals surface area contributed by atoms with E-state index in [1.165, 1.54) is 10.4 Å². The average Bonchev–Trinajstić information content (AvgIpc) is 2.99. The number of thiophene rings is 1. The van der Waals surface area contributed by atoms with Crippen LogP contribution in [-0.2, 0) is 13.1 Å². The maximum Gasteiger partial charge on any atom is 0.123 e. The predicted octanol–water partition coefficient (Wildman–Crippen LogP) is 3.37. The first-order chi connectivity index (χ1) is 10.3. The van der Waals surface area contributed by atoms with Gasteiger partial charge in [0.15, 0.2) is 0 Å². The van der Waals surface area contributed by atoms with Crippen molar-refractivity contribution in [2.24, 2.45) is 0 Å². The molecule has 0 atom stereocenters. The molecule has 0 spiro atoms. The number of likely N-dealkylation sites (N-methyl/N-ethyl adjacent to an activating group) is 1. The molecule has 0 bridgehead atoms. The Morgan fingerprint density at radius 2 is 2.05 bits per heavy atom. The van der Waals surface area contributed by atoms with E-state index >= 15 is 0 Å². The molecule has 4 heteroatoms. The second-order valence-corrected chi connectivity index (χ2v) is 6.09. The van der Waals surface area contributed by atoms with Gasteiger partial charge in [-0.3, -0.25) is 4.90 Å². The highest BCUT2D eigenvalue weighted by Crippen LogP contribution is 2.17. The van der Waals surface area contributed by atoms with Crippen LogP contribution in [-0.4, -0.2) is 31.6 Å². The lowest BCUT2D eigenvalue weighted by Gasteiger charge is -2.17. The Bertz CT molecular complexity index is 513. The number of hydrogen-bond donors (Lipinski definition) is 1. The highest BCUT2D eigenvalue weighted by molar-refractivity contribution is 7.09. The molecule has 0 unspecified atom stereocenters. The van der Waals surface area contributed by atoms with E-state index in [1.54, 1.807) is 11.3 Å². The Morgan fingerprint density at radius 3 is 2.81 bits per heavy atom. The number of rotatable bonds is 9. The number of para-hydroxylation sites is 1. The van der Waals surface area contributed by atoms with Crippen LogP contribution in [0.5, 0.6) is 5.75 Å². The summed E-state index contributed by atoms with van der Waals surface area (Å²) in [5, 5.41) is 5.47. The standard InChI is InChI=1S/C17H24N2OS/c1-3-18-13-15-7-4-5-9-17(15)20-11-10-19(2)14-16-8-6-12-21-16/h4-9,12,18H,3,10-11,13-14H2,1-2H3. The fraction of sp³-hybridized carbons (Fsp3) is 0.412. The van der Waals surface area contributed by atoms with Crippen LogP contribution < -0.4 is 10.1 Å². The maximum atomic E-state index is 5.95. The molecule has 0 aliphatic heterocycles. The summed E-state index contributed by atoms with van der Waals surface area (Å²) in [7, 11) is 2.13. The molecule has 1 aromatic carbocycles. The zero-order valence-corrected chi connectivity index (χ0v) is 13.7. The van der Waals surface area contributed by atoms with Gasteiger partial charge in [0.05, 0.1) is 0 Å². The van der Waals surface area contributed by atoms with Crippen molar-refractivity contribution in [3.8, 4) is 5.75 Å². The first kappa shape index (κ1) is 16.0. The smallest absolute Gasteiger partial charge is 0.123 e. The quantitative estimate of drug-likeness (QED) is 0.769. The number of benzene rings is 1. The van der Waals surface area contributed by atoms with Crippen molar-refractivity contribution in [3.05, 3.63) is 52.2 Å². The first-order valence-corrected chi connectivity index (χ1v) is 8.30. The minimum absolute atomic E-state index is 0.713. The van der Waals surface area contributed by atoms with Crippen LogP contribution >= 0.6 is 11.3 Å². The summed E-state index contributed by atoms with van der Waals surface area (Å²) in [6, 6.07) is 12.5. The lowest BCUT2D eigenvalue weighted by molar-refractivity contribution is 0.232. The van der Waals surface area contributed by atoms with Gasteiger partial charge in [0.2, 0.25) is 0 Å². The molecule has 3 nitrogen and oxygen atoms in total. The van der Waals surface area contributed by atoms with Crippen molar-refractivity contribution in [1.29, 1.82) is 0 Å². The molecule has 1 heterocycles. The van der Waals surface area contributed by atoms with Crippen molar-refractivity contribution in [2.45, 2.75) is 20.0 Å². The molecular weight excluding hydrogens is 280 g/mol. The Morgan fingerprint density at radius 1 is 1.19 bits per heavy atom. The highest BCUT2D eigenvalue weighted by atomic mass is 32.1. The third kappa shape index (κ3) is 5.50. The fourth-order valence-electron chi connectivity index (χ4n) is 2.11. The fourth-order valence-corrected chi connectivity index (χ4v) is 2.89. The number of hydrogen-bond acceptors (Lipinski definition) is 4. The minimum Gasteiger partial charge on any atom is -0.492 e. The predicted molar refractivity (Wildman–Crippen MR) is 90.0 cm³/mol. The van der Waals surface area contributed by atoms with Gasteiger partial charge >= 0.3 is 0 Å². The topological polar surface area (TPSA) is 24.5 Å². The SMILES string of the molecule is CCNCc1ccccc1OCCN(C)Cc1cccs1. The van der Waals surface area contributed by atoms with E-state index in [-0.39, 0.29) is 0 Å². The number of nitrogens with one attached hydrogen (secondary N) is 1. The molecule has 0 saturated heterocycles. The van der Waals surface area contributed by atoms with Gasteiger partial charge in [0.25, 0.3) is 0 Å². The molecule has 2 aromatic rings. The van der Waals surface area contributed by atoms with E-state index in [0.717, 1.165) is 31.9 Å². The van der Waals surface area contributed by atoms with Crippen LogP contribution in [0.15, 0.2) is 41.8 Å². The molecule has 0 fully saturated rings. The molecule has 0 aliphatic rings. The molecule has 2 rings (SSSR count). The van der Waals surface area contributed by atoms with Gasteiger partial charge in [-0.15, -0.1) is 11.3 Å². The molecular formula is C17H24N2OS. The van der Waals surface area contributed by atoms with Gasteiger partial charge < -0.3 is 10.1 Å². The zero-order chi connectivity index (χ0) is 14.9. The molecule has 0 saturated carbocycles. The van der Waals surface area contributed by atoms with E-state index in [4.69, 9.17) is 4.74 Å². The second kappa shape index (κ2) is 8.82. The summed E-state index contributed by atoms with van der Waals surface area (Å²) in [5.41, 5.74) is 1.22. The largest absolute Gasteiger partial charge is 0.492 e. The van der Waals surface area contributed by atoms with Crippen molar-refractivity contribution in [2.75, 3.05) is 26.7 Å². The van der Waals surface area contributed by atoms with Crippen LogP contribution in [0, 0.1) is 0 Å². The summed E-state index contributed by atoms with van der Waals surface area (Å²) in [6.45, 7) is 6.57. The molecule has 0 amide bonds. The van der Waals surface area contributed by atoms with Crippen molar-refractivity contribution in [3.63, 3.8) is 0 Å². The molecule has 21 heavy (non-hydrogen) atoms. The van der Waals surface area contributed by atoms with Crippen LogP contribution in [0.4, 0.5) is 0 Å². The third-order valence-electron chi connectivity index (χ3n) is 3.27. The summed E-state index contributed by atoms with van der Waals surface area (Å²) in [6.07, 6.45) is 0. The third-order valence-corrected chi connectivity index (χ3v) is 4.14. The highest BCUT2D eigenvalue weighted by Gasteiger charge is 2.04. The van der Waals surface area contributed by atoms with Crippen LogP contribution in [0.2, 0.25) is 0 Å². The molecule has 1 aromatic heterocycles. The van der Waals surface area contributed by atoms with E-state index in [1.807, 2.05) is 12.1 Å². The van der Waals surface area contributed by atoms with Crippen LogP contribution in [0.1, 0.15) is 17.4 Å². The normalized spacial score (nSPS) is 11.0.